The molecule has 2 aromatic rings. The van der Waals surface area contributed by atoms with Crippen molar-refractivity contribution in [2.45, 2.75) is 51.2 Å². The number of nitrogens with zero attached hydrogens (tertiary/aromatic N) is 1. The van der Waals surface area contributed by atoms with Gasteiger partial charge in [-0.3, -0.25) is 0 Å². The van der Waals surface area contributed by atoms with Gasteiger partial charge < -0.3 is 24.5 Å². The van der Waals surface area contributed by atoms with Gasteiger partial charge in [0, 0.05) is 26.1 Å². The van der Waals surface area contributed by atoms with Crippen LogP contribution in [0.4, 0.5) is 0 Å². The number of aliphatic imine (C=N–C) groups is 1. The average molecular weight is 527 g/mol. The molecule has 2 N–H and O–H groups in total. The molecule has 1 aliphatic rings. The summed E-state index contributed by atoms with van der Waals surface area (Å²) in [7, 11) is 1.68. The van der Waals surface area contributed by atoms with Gasteiger partial charge in [-0.05, 0) is 61.9 Å². The zero-order valence-corrected chi connectivity index (χ0v) is 20.1. The number of rotatable bonds is 10. The maximum absolute atomic E-state index is 5.82. The molecule has 0 aliphatic carbocycles. The summed E-state index contributed by atoms with van der Waals surface area (Å²) in [6.45, 7) is 3.19. The van der Waals surface area contributed by atoms with E-state index < -0.39 is 0 Å². The third kappa shape index (κ3) is 8.95. The molecular weight excluding hydrogens is 493 g/mol. The highest BCUT2D eigenvalue weighted by atomic mass is 127. The van der Waals surface area contributed by atoms with Crippen molar-refractivity contribution in [1.29, 1.82) is 0 Å². The fraction of sp³-hybridized carbons (Fsp3) is 0.522. The highest BCUT2D eigenvalue weighted by molar-refractivity contribution is 14.0. The number of halogens is 1. The molecule has 3 rings (SSSR count). The topological polar surface area (TPSA) is 68.0 Å². The number of ether oxygens (including phenoxy) is 2. The molecule has 1 atom stereocenters. The van der Waals surface area contributed by atoms with Crippen LogP contribution in [0.15, 0.2) is 52.1 Å². The van der Waals surface area contributed by atoms with E-state index >= 15 is 0 Å². The molecule has 0 saturated carbocycles. The van der Waals surface area contributed by atoms with E-state index in [4.69, 9.17) is 18.9 Å². The largest absolute Gasteiger partial charge is 0.497 e. The highest BCUT2D eigenvalue weighted by Crippen LogP contribution is 2.16. The Morgan fingerprint density at radius 2 is 1.97 bits per heavy atom. The second-order valence-electron chi connectivity index (χ2n) is 7.33. The summed E-state index contributed by atoms with van der Waals surface area (Å²) in [5, 5.41) is 6.87. The van der Waals surface area contributed by atoms with Gasteiger partial charge in [0.1, 0.15) is 11.5 Å². The Hall–Kier alpha value is -1.74. The molecule has 1 fully saturated rings. The van der Waals surface area contributed by atoms with Crippen molar-refractivity contribution >= 4 is 29.9 Å². The summed E-state index contributed by atoms with van der Waals surface area (Å²) in [5.41, 5.74) is 1.15. The number of methoxy groups -OCH3 is 1. The molecule has 1 aromatic carbocycles. The van der Waals surface area contributed by atoms with Gasteiger partial charge in [0.15, 0.2) is 5.96 Å². The van der Waals surface area contributed by atoms with Crippen molar-refractivity contribution < 1.29 is 13.9 Å². The molecule has 0 radical (unpaired) electrons. The summed E-state index contributed by atoms with van der Waals surface area (Å²) < 4.78 is 16.4. The van der Waals surface area contributed by atoms with Crippen LogP contribution in [0.5, 0.6) is 5.75 Å². The van der Waals surface area contributed by atoms with Crippen LogP contribution in [0, 0.1) is 0 Å². The number of nitrogens with one attached hydrogen (secondary N) is 2. The standard InChI is InChI=1S/C23H33N3O3.HI/c1-27-20-11-9-19(10-12-20)18-26-23(25-15-13-22-8-5-17-29-22)24-14-4-7-21-6-2-3-16-28-21;/h5,8-12,17,21H,2-4,6-7,13-16,18H2,1H3,(H2,24,25,26);1H. The monoisotopic (exact) mass is 527 g/mol. The summed E-state index contributed by atoms with van der Waals surface area (Å²) in [6.07, 6.45) is 8.83. The van der Waals surface area contributed by atoms with Gasteiger partial charge in [-0.15, -0.1) is 24.0 Å². The lowest BCUT2D eigenvalue weighted by molar-refractivity contribution is 0.0104. The van der Waals surface area contributed by atoms with Crippen LogP contribution in [0.1, 0.15) is 43.4 Å². The summed E-state index contributed by atoms with van der Waals surface area (Å²) in [6, 6.07) is 11.9. The average Bonchev–Trinajstić information content (AvgIpc) is 3.29. The van der Waals surface area contributed by atoms with Crippen LogP contribution in [-0.2, 0) is 17.7 Å². The van der Waals surface area contributed by atoms with Gasteiger partial charge in [-0.2, -0.15) is 0 Å². The number of hydrogen-bond donors (Lipinski definition) is 2. The molecule has 1 saturated heterocycles. The molecule has 2 heterocycles. The van der Waals surface area contributed by atoms with Crippen molar-refractivity contribution in [2.24, 2.45) is 4.99 Å². The summed E-state index contributed by atoms with van der Waals surface area (Å²) in [4.78, 5) is 4.74. The molecule has 7 heteroatoms. The normalized spacial score (nSPS) is 16.6. The highest BCUT2D eigenvalue weighted by Gasteiger charge is 2.13. The molecule has 0 amide bonds. The number of furan rings is 1. The Morgan fingerprint density at radius 3 is 2.67 bits per heavy atom. The Kier molecular flexibility index (Phi) is 11.7. The summed E-state index contributed by atoms with van der Waals surface area (Å²) >= 11 is 0. The van der Waals surface area contributed by atoms with E-state index in [9.17, 15) is 0 Å². The second kappa shape index (κ2) is 14.3. The quantitative estimate of drug-likeness (QED) is 0.206. The Balaban J connectivity index is 0.00000320. The summed E-state index contributed by atoms with van der Waals surface area (Å²) in [5.74, 6) is 2.66. The third-order valence-corrected chi connectivity index (χ3v) is 5.09. The fourth-order valence-corrected chi connectivity index (χ4v) is 3.41. The van der Waals surface area contributed by atoms with E-state index in [0.717, 1.165) is 62.0 Å². The minimum absolute atomic E-state index is 0. The smallest absolute Gasteiger partial charge is 0.191 e. The van der Waals surface area contributed by atoms with Crippen LogP contribution in [-0.4, -0.2) is 38.9 Å². The first-order chi connectivity index (χ1) is 14.3. The van der Waals surface area contributed by atoms with Crippen LogP contribution >= 0.6 is 24.0 Å². The van der Waals surface area contributed by atoms with Gasteiger partial charge in [-0.25, -0.2) is 4.99 Å². The van der Waals surface area contributed by atoms with Gasteiger partial charge in [0.05, 0.1) is 26.0 Å². The van der Waals surface area contributed by atoms with Crippen molar-refractivity contribution in [2.75, 3.05) is 26.8 Å². The predicted molar refractivity (Wildman–Crippen MR) is 131 cm³/mol. The van der Waals surface area contributed by atoms with Crippen molar-refractivity contribution in [1.82, 2.24) is 10.6 Å². The van der Waals surface area contributed by atoms with Gasteiger partial charge >= 0.3 is 0 Å². The van der Waals surface area contributed by atoms with E-state index in [1.807, 2.05) is 36.4 Å². The minimum atomic E-state index is 0. The van der Waals surface area contributed by atoms with Crippen molar-refractivity contribution in [3.63, 3.8) is 0 Å². The molecule has 1 unspecified atom stereocenters. The number of benzene rings is 1. The zero-order valence-electron chi connectivity index (χ0n) is 17.8. The Labute approximate surface area is 196 Å². The van der Waals surface area contributed by atoms with Crippen LogP contribution in [0.25, 0.3) is 0 Å². The third-order valence-electron chi connectivity index (χ3n) is 5.09. The van der Waals surface area contributed by atoms with Crippen molar-refractivity contribution in [3.05, 3.63) is 54.0 Å². The molecule has 0 spiro atoms. The van der Waals surface area contributed by atoms with E-state index in [1.54, 1.807) is 13.4 Å². The van der Waals surface area contributed by atoms with E-state index in [-0.39, 0.29) is 24.0 Å². The van der Waals surface area contributed by atoms with Crippen LogP contribution in [0.3, 0.4) is 0 Å². The van der Waals surface area contributed by atoms with E-state index in [2.05, 4.69) is 10.6 Å². The Bertz CT molecular complexity index is 714. The first-order valence-corrected chi connectivity index (χ1v) is 10.6. The van der Waals surface area contributed by atoms with Crippen LogP contribution < -0.4 is 15.4 Å². The van der Waals surface area contributed by atoms with Crippen molar-refractivity contribution in [3.8, 4) is 5.75 Å². The SMILES string of the molecule is COc1ccc(CN=C(NCCCC2CCCCO2)NCCc2ccco2)cc1.I. The maximum atomic E-state index is 5.82. The number of hydrogen-bond acceptors (Lipinski definition) is 4. The lowest BCUT2D eigenvalue weighted by atomic mass is 10.0. The number of guanidine groups is 1. The minimum Gasteiger partial charge on any atom is -0.497 e. The fourth-order valence-electron chi connectivity index (χ4n) is 3.41. The van der Waals surface area contributed by atoms with Crippen LogP contribution in [0.2, 0.25) is 0 Å². The lowest BCUT2D eigenvalue weighted by Crippen LogP contribution is -2.39. The molecular formula is C23H34IN3O3. The zero-order chi connectivity index (χ0) is 20.2. The first kappa shape index (κ1) is 24.5. The molecule has 1 aromatic heterocycles. The first-order valence-electron chi connectivity index (χ1n) is 10.6. The predicted octanol–water partition coefficient (Wildman–Crippen LogP) is 4.53. The lowest BCUT2D eigenvalue weighted by Gasteiger charge is -2.22. The molecule has 6 nitrogen and oxygen atoms in total. The van der Waals surface area contributed by atoms with Gasteiger partial charge in [0.2, 0.25) is 0 Å². The van der Waals surface area contributed by atoms with Gasteiger partial charge in [-0.1, -0.05) is 12.1 Å². The second-order valence-corrected chi connectivity index (χ2v) is 7.33. The maximum Gasteiger partial charge on any atom is 0.191 e. The van der Waals surface area contributed by atoms with E-state index in [1.165, 1.54) is 19.3 Å². The molecule has 166 valence electrons. The van der Waals surface area contributed by atoms with Gasteiger partial charge in [0.25, 0.3) is 0 Å². The molecule has 30 heavy (non-hydrogen) atoms. The molecule has 0 bridgehead atoms. The van der Waals surface area contributed by atoms with E-state index in [0.29, 0.717) is 12.6 Å². The Morgan fingerprint density at radius 1 is 1.13 bits per heavy atom. The molecule has 1 aliphatic heterocycles.